The Balaban J connectivity index is 2.28. The Morgan fingerprint density at radius 2 is 1.07 bits per heavy atom. The number of carbonyl (C=O) groups is 4. The second-order valence-corrected chi connectivity index (χ2v) is 6.68. The molecule has 2 rings (SSSR count). The summed E-state index contributed by atoms with van der Waals surface area (Å²) in [5, 5.41) is 5.31. The van der Waals surface area contributed by atoms with Gasteiger partial charge in [-0.25, -0.2) is 0 Å². The van der Waals surface area contributed by atoms with Crippen LogP contribution in [-0.2, 0) is 19.2 Å². The van der Waals surface area contributed by atoms with Crippen molar-refractivity contribution >= 4 is 34.8 Å². The van der Waals surface area contributed by atoms with E-state index in [1.165, 1.54) is 28.1 Å². The molecule has 0 fully saturated rings. The molecule has 0 bridgehead atoms. The molecule has 0 spiro atoms. The van der Waals surface area contributed by atoms with Crippen LogP contribution in [0.3, 0.4) is 0 Å². The average Bonchev–Trinajstić information content (AvgIpc) is 2.67. The lowest BCUT2D eigenvalue weighted by Crippen LogP contribution is -2.15. The number of rotatable bonds is 9. The molecule has 2 aromatic rings. The fourth-order valence-electron chi connectivity index (χ4n) is 2.79. The van der Waals surface area contributed by atoms with Crippen molar-refractivity contribution in [1.29, 1.82) is 0 Å². The maximum Gasteiger partial charge on any atom is 0.231 e. The van der Waals surface area contributed by atoms with Gasteiger partial charge in [-0.3, -0.25) is 19.2 Å². The molecule has 8 nitrogen and oxygen atoms in total. The van der Waals surface area contributed by atoms with E-state index in [2.05, 4.69) is 10.6 Å². The molecule has 0 saturated carbocycles. The quantitative estimate of drug-likeness (QED) is 0.612. The van der Waals surface area contributed by atoms with Crippen molar-refractivity contribution in [2.24, 2.45) is 0 Å². The number of hydrogen-bond donors (Lipinski definition) is 2. The third-order valence-electron chi connectivity index (χ3n) is 4.10. The summed E-state index contributed by atoms with van der Waals surface area (Å²) in [6, 6.07) is 10.4. The number of ether oxygens (including phenoxy) is 2. The number of benzene rings is 2. The molecule has 8 heteroatoms. The molecule has 2 N–H and O–H groups in total. The standard InChI is InChI=1S/C22H24N2O6/c1-13(25)9-21(27)23-17-7-5-15(11-19(17)29-3)16-6-8-18(20(12-16)30-4)24-22(28)10-14(2)26/h5-8,11-12H,9-10H2,1-4H3,(H,23,27)(H,24,28). The molecule has 0 aliphatic carbocycles. The molecule has 0 radical (unpaired) electrons. The van der Waals surface area contributed by atoms with Gasteiger partial charge in [0.2, 0.25) is 11.8 Å². The summed E-state index contributed by atoms with van der Waals surface area (Å²) in [5.41, 5.74) is 2.48. The van der Waals surface area contributed by atoms with Gasteiger partial charge in [-0.05, 0) is 49.2 Å². The summed E-state index contributed by atoms with van der Waals surface area (Å²) < 4.78 is 10.7. The summed E-state index contributed by atoms with van der Waals surface area (Å²) in [6.45, 7) is 2.69. The highest BCUT2D eigenvalue weighted by molar-refractivity contribution is 6.05. The zero-order chi connectivity index (χ0) is 22.3. The fraction of sp³-hybridized carbons (Fsp3) is 0.273. The molecule has 0 saturated heterocycles. The van der Waals surface area contributed by atoms with Gasteiger partial charge >= 0.3 is 0 Å². The molecule has 2 amide bonds. The van der Waals surface area contributed by atoms with Crippen LogP contribution in [0.2, 0.25) is 0 Å². The molecule has 0 aliphatic rings. The number of anilines is 2. The Bertz CT molecular complexity index is 904. The van der Waals surface area contributed by atoms with E-state index in [1.54, 1.807) is 36.4 Å². The van der Waals surface area contributed by atoms with Crippen LogP contribution in [0, 0.1) is 0 Å². The highest BCUT2D eigenvalue weighted by atomic mass is 16.5. The Morgan fingerprint density at radius 3 is 1.37 bits per heavy atom. The van der Waals surface area contributed by atoms with Crippen LogP contribution in [0.15, 0.2) is 36.4 Å². The van der Waals surface area contributed by atoms with E-state index in [-0.39, 0.29) is 24.4 Å². The third kappa shape index (κ3) is 6.16. The number of Topliss-reactive ketones (excluding diaryl/α,β-unsaturated/α-hetero) is 2. The summed E-state index contributed by atoms with van der Waals surface area (Å²) in [5.74, 6) is -0.428. The minimum Gasteiger partial charge on any atom is -0.495 e. The van der Waals surface area contributed by atoms with Gasteiger partial charge in [0.05, 0.1) is 38.4 Å². The lowest BCUT2D eigenvalue weighted by molar-refractivity contribution is -0.125. The first-order valence-corrected chi connectivity index (χ1v) is 9.18. The Kier molecular flexibility index (Phi) is 7.69. The first-order chi connectivity index (χ1) is 14.2. The van der Waals surface area contributed by atoms with Crippen LogP contribution in [0.4, 0.5) is 11.4 Å². The van der Waals surface area contributed by atoms with Gasteiger partial charge in [-0.1, -0.05) is 12.1 Å². The van der Waals surface area contributed by atoms with Crippen molar-refractivity contribution in [2.75, 3.05) is 24.9 Å². The molecule has 0 aromatic heterocycles. The second-order valence-electron chi connectivity index (χ2n) is 6.68. The zero-order valence-corrected chi connectivity index (χ0v) is 17.3. The van der Waals surface area contributed by atoms with Crippen molar-refractivity contribution in [3.05, 3.63) is 36.4 Å². The number of methoxy groups -OCH3 is 2. The molecular weight excluding hydrogens is 388 g/mol. The Hall–Kier alpha value is -3.68. The highest BCUT2D eigenvalue weighted by Crippen LogP contribution is 2.35. The maximum absolute atomic E-state index is 11.9. The predicted octanol–water partition coefficient (Wildman–Crippen LogP) is 3.21. The average molecular weight is 412 g/mol. The van der Waals surface area contributed by atoms with Gasteiger partial charge in [-0.2, -0.15) is 0 Å². The van der Waals surface area contributed by atoms with E-state index < -0.39 is 11.8 Å². The van der Waals surface area contributed by atoms with Gasteiger partial charge in [0.25, 0.3) is 0 Å². The lowest BCUT2D eigenvalue weighted by atomic mass is 10.0. The Labute approximate surface area is 174 Å². The molecule has 0 heterocycles. The minimum atomic E-state index is -0.416. The molecule has 158 valence electrons. The van der Waals surface area contributed by atoms with E-state index in [1.807, 2.05) is 0 Å². The molecule has 0 atom stereocenters. The van der Waals surface area contributed by atoms with Crippen LogP contribution in [0.25, 0.3) is 11.1 Å². The van der Waals surface area contributed by atoms with E-state index >= 15 is 0 Å². The van der Waals surface area contributed by atoms with Crippen molar-refractivity contribution in [3.8, 4) is 22.6 Å². The lowest BCUT2D eigenvalue weighted by Gasteiger charge is -2.14. The summed E-state index contributed by atoms with van der Waals surface area (Å²) in [7, 11) is 2.96. The minimum absolute atomic E-state index is 0.209. The molecular formula is C22H24N2O6. The van der Waals surface area contributed by atoms with Gasteiger partial charge in [0.15, 0.2) is 0 Å². The van der Waals surface area contributed by atoms with E-state index in [4.69, 9.17) is 9.47 Å². The first-order valence-electron chi connectivity index (χ1n) is 9.18. The third-order valence-corrected chi connectivity index (χ3v) is 4.10. The topological polar surface area (TPSA) is 111 Å². The SMILES string of the molecule is COc1cc(-c2ccc(NC(=O)CC(C)=O)c(OC)c2)ccc1NC(=O)CC(C)=O. The largest absolute Gasteiger partial charge is 0.495 e. The summed E-state index contributed by atoms with van der Waals surface area (Å²) in [6.07, 6.45) is -0.419. The fourth-order valence-corrected chi connectivity index (χ4v) is 2.79. The number of ketones is 2. The van der Waals surface area contributed by atoms with E-state index in [9.17, 15) is 19.2 Å². The van der Waals surface area contributed by atoms with Crippen LogP contribution in [0.5, 0.6) is 11.5 Å². The van der Waals surface area contributed by atoms with Crippen LogP contribution in [-0.4, -0.2) is 37.6 Å². The predicted molar refractivity (Wildman–Crippen MR) is 113 cm³/mol. The van der Waals surface area contributed by atoms with Crippen molar-refractivity contribution in [3.63, 3.8) is 0 Å². The second kappa shape index (κ2) is 10.2. The normalized spacial score (nSPS) is 10.1. The molecule has 0 aliphatic heterocycles. The van der Waals surface area contributed by atoms with E-state index in [0.717, 1.165) is 11.1 Å². The number of amides is 2. The number of hydrogen-bond acceptors (Lipinski definition) is 6. The number of carbonyl (C=O) groups excluding carboxylic acids is 4. The highest BCUT2D eigenvalue weighted by Gasteiger charge is 2.14. The first kappa shape index (κ1) is 22.6. The zero-order valence-electron chi connectivity index (χ0n) is 17.3. The maximum atomic E-state index is 11.9. The summed E-state index contributed by atoms with van der Waals surface area (Å²) >= 11 is 0. The van der Waals surface area contributed by atoms with Gasteiger partial charge < -0.3 is 20.1 Å². The number of nitrogens with one attached hydrogen (secondary N) is 2. The molecule has 0 unspecified atom stereocenters. The van der Waals surface area contributed by atoms with Gasteiger partial charge in [-0.15, -0.1) is 0 Å². The summed E-state index contributed by atoms with van der Waals surface area (Å²) in [4.78, 5) is 45.9. The van der Waals surface area contributed by atoms with Crippen molar-refractivity contribution in [2.45, 2.75) is 26.7 Å². The van der Waals surface area contributed by atoms with Gasteiger partial charge in [0.1, 0.15) is 23.1 Å². The van der Waals surface area contributed by atoms with Crippen molar-refractivity contribution < 1.29 is 28.7 Å². The monoisotopic (exact) mass is 412 g/mol. The smallest absolute Gasteiger partial charge is 0.231 e. The van der Waals surface area contributed by atoms with Gasteiger partial charge in [0, 0.05) is 0 Å². The molecule has 30 heavy (non-hydrogen) atoms. The van der Waals surface area contributed by atoms with Crippen molar-refractivity contribution in [1.82, 2.24) is 0 Å². The Morgan fingerprint density at radius 1 is 0.700 bits per heavy atom. The van der Waals surface area contributed by atoms with Crippen LogP contribution < -0.4 is 20.1 Å². The van der Waals surface area contributed by atoms with E-state index in [0.29, 0.717) is 22.9 Å². The van der Waals surface area contributed by atoms with Crippen LogP contribution >= 0.6 is 0 Å². The van der Waals surface area contributed by atoms with Crippen LogP contribution in [0.1, 0.15) is 26.7 Å². The molecule has 2 aromatic carbocycles.